The molecule has 0 radical (unpaired) electrons. The zero-order chi connectivity index (χ0) is 16.9. The average molecular weight is 327 g/mol. The highest BCUT2D eigenvalue weighted by atomic mass is 16.6. The van der Waals surface area contributed by atoms with E-state index in [1.807, 2.05) is 44.2 Å². The lowest BCUT2D eigenvalue weighted by molar-refractivity contribution is -0.117. The van der Waals surface area contributed by atoms with Gasteiger partial charge in [-0.05, 0) is 49.2 Å². The zero-order valence-electron chi connectivity index (χ0n) is 13.9. The van der Waals surface area contributed by atoms with Crippen LogP contribution in [-0.4, -0.2) is 19.1 Å². The van der Waals surface area contributed by atoms with Crippen LogP contribution in [0.5, 0.6) is 11.5 Å². The SMILES string of the molecule is CCC(NC(=O)/C=C/c1ccc(C)o1)c1ccc2c(c1)OCCO2. The summed E-state index contributed by atoms with van der Waals surface area (Å²) in [5, 5.41) is 3.00. The van der Waals surface area contributed by atoms with Crippen molar-refractivity contribution >= 4 is 12.0 Å². The van der Waals surface area contributed by atoms with Crippen molar-refractivity contribution in [2.75, 3.05) is 13.2 Å². The summed E-state index contributed by atoms with van der Waals surface area (Å²) in [6.07, 6.45) is 3.93. The average Bonchev–Trinajstić information content (AvgIpc) is 3.03. The van der Waals surface area contributed by atoms with Crippen molar-refractivity contribution in [3.05, 3.63) is 53.5 Å². The molecule has 1 aromatic heterocycles. The van der Waals surface area contributed by atoms with Crippen LogP contribution in [0.15, 0.2) is 40.8 Å². The van der Waals surface area contributed by atoms with E-state index < -0.39 is 0 Å². The number of carbonyl (C=O) groups is 1. The number of aryl methyl sites for hydroxylation is 1. The molecule has 0 saturated carbocycles. The van der Waals surface area contributed by atoms with E-state index in [0.717, 1.165) is 29.2 Å². The van der Waals surface area contributed by atoms with Gasteiger partial charge >= 0.3 is 0 Å². The summed E-state index contributed by atoms with van der Waals surface area (Å²) in [5.74, 6) is 2.80. The summed E-state index contributed by atoms with van der Waals surface area (Å²) in [6, 6.07) is 9.39. The molecule has 24 heavy (non-hydrogen) atoms. The van der Waals surface area contributed by atoms with E-state index in [1.165, 1.54) is 6.08 Å². The third-order valence-electron chi connectivity index (χ3n) is 3.85. The van der Waals surface area contributed by atoms with Crippen molar-refractivity contribution in [2.45, 2.75) is 26.3 Å². The van der Waals surface area contributed by atoms with Gasteiger partial charge in [0.25, 0.3) is 0 Å². The number of carbonyl (C=O) groups excluding carboxylic acids is 1. The number of furan rings is 1. The van der Waals surface area contributed by atoms with Gasteiger partial charge in [0.05, 0.1) is 6.04 Å². The Kier molecular flexibility index (Phi) is 4.89. The van der Waals surface area contributed by atoms with E-state index in [2.05, 4.69) is 5.32 Å². The molecule has 0 spiro atoms. The van der Waals surface area contributed by atoms with Crippen LogP contribution in [0.4, 0.5) is 0 Å². The molecule has 0 bridgehead atoms. The fourth-order valence-electron chi connectivity index (χ4n) is 2.62. The predicted molar refractivity (Wildman–Crippen MR) is 91.1 cm³/mol. The number of nitrogens with one attached hydrogen (secondary N) is 1. The number of ether oxygens (including phenoxy) is 2. The molecule has 1 N–H and O–H groups in total. The van der Waals surface area contributed by atoms with Gasteiger partial charge in [-0.3, -0.25) is 4.79 Å². The molecule has 5 heteroatoms. The van der Waals surface area contributed by atoms with Gasteiger partial charge in [-0.15, -0.1) is 0 Å². The van der Waals surface area contributed by atoms with Gasteiger partial charge in [-0.2, -0.15) is 0 Å². The second-order valence-corrected chi connectivity index (χ2v) is 5.65. The Morgan fingerprint density at radius 2 is 2.00 bits per heavy atom. The van der Waals surface area contributed by atoms with Gasteiger partial charge in [0.2, 0.25) is 5.91 Å². The highest BCUT2D eigenvalue weighted by Gasteiger charge is 2.17. The Balaban J connectivity index is 1.67. The molecule has 126 valence electrons. The first-order chi connectivity index (χ1) is 11.7. The molecule has 1 atom stereocenters. The summed E-state index contributed by atoms with van der Waals surface area (Å²) >= 11 is 0. The molecule has 0 aliphatic carbocycles. The van der Waals surface area contributed by atoms with Crippen molar-refractivity contribution < 1.29 is 18.7 Å². The standard InChI is InChI=1S/C19H21NO4/c1-3-16(14-5-8-17-18(12-14)23-11-10-22-17)20-19(21)9-7-15-6-4-13(2)24-15/h4-9,12,16H,3,10-11H2,1-2H3,(H,20,21)/b9-7+. The highest BCUT2D eigenvalue weighted by molar-refractivity contribution is 5.91. The number of hydrogen-bond acceptors (Lipinski definition) is 4. The number of benzene rings is 1. The normalized spacial score (nSPS) is 14.6. The molecule has 0 fully saturated rings. The van der Waals surface area contributed by atoms with Gasteiger partial charge in [-0.1, -0.05) is 13.0 Å². The molecular formula is C19H21NO4. The fourth-order valence-corrected chi connectivity index (χ4v) is 2.62. The lowest BCUT2D eigenvalue weighted by atomic mass is 10.0. The van der Waals surface area contributed by atoms with Crippen LogP contribution >= 0.6 is 0 Å². The maximum absolute atomic E-state index is 12.2. The molecular weight excluding hydrogens is 306 g/mol. The highest BCUT2D eigenvalue weighted by Crippen LogP contribution is 2.33. The van der Waals surface area contributed by atoms with Gasteiger partial charge in [0, 0.05) is 6.08 Å². The molecule has 1 aliphatic rings. The first kappa shape index (κ1) is 16.2. The maximum atomic E-state index is 12.2. The first-order valence-corrected chi connectivity index (χ1v) is 8.10. The van der Waals surface area contributed by atoms with Crippen LogP contribution in [-0.2, 0) is 4.79 Å². The van der Waals surface area contributed by atoms with E-state index in [-0.39, 0.29) is 11.9 Å². The minimum absolute atomic E-state index is 0.0867. The summed E-state index contributed by atoms with van der Waals surface area (Å²) in [4.78, 5) is 12.2. The summed E-state index contributed by atoms with van der Waals surface area (Å²) < 4.78 is 16.6. The van der Waals surface area contributed by atoms with Crippen molar-refractivity contribution in [2.24, 2.45) is 0 Å². The Morgan fingerprint density at radius 3 is 2.71 bits per heavy atom. The second kappa shape index (κ2) is 7.25. The summed E-state index contributed by atoms with van der Waals surface area (Å²) in [5.41, 5.74) is 0.998. The van der Waals surface area contributed by atoms with Crippen LogP contribution in [0.1, 0.15) is 36.5 Å². The third-order valence-corrected chi connectivity index (χ3v) is 3.85. The molecule has 2 heterocycles. The van der Waals surface area contributed by atoms with E-state index in [9.17, 15) is 4.79 Å². The van der Waals surface area contributed by atoms with Crippen LogP contribution < -0.4 is 14.8 Å². The summed E-state index contributed by atoms with van der Waals surface area (Å²) in [6.45, 7) is 5.01. The molecule has 1 amide bonds. The Morgan fingerprint density at radius 1 is 1.21 bits per heavy atom. The van der Waals surface area contributed by atoms with E-state index >= 15 is 0 Å². The van der Waals surface area contributed by atoms with Crippen LogP contribution in [0.3, 0.4) is 0 Å². The zero-order valence-corrected chi connectivity index (χ0v) is 13.9. The minimum Gasteiger partial charge on any atom is -0.486 e. The molecule has 1 aromatic carbocycles. The molecule has 1 aliphatic heterocycles. The smallest absolute Gasteiger partial charge is 0.244 e. The second-order valence-electron chi connectivity index (χ2n) is 5.65. The topological polar surface area (TPSA) is 60.7 Å². The van der Waals surface area contributed by atoms with Crippen molar-refractivity contribution in [1.29, 1.82) is 0 Å². The Hall–Kier alpha value is -2.69. The van der Waals surface area contributed by atoms with Gasteiger partial charge in [0.1, 0.15) is 24.7 Å². The van der Waals surface area contributed by atoms with E-state index in [0.29, 0.717) is 19.0 Å². The Bertz CT molecular complexity index is 748. The van der Waals surface area contributed by atoms with Crippen molar-refractivity contribution in [1.82, 2.24) is 5.32 Å². The number of rotatable bonds is 5. The quantitative estimate of drug-likeness (QED) is 0.852. The number of amides is 1. The molecule has 5 nitrogen and oxygen atoms in total. The van der Waals surface area contributed by atoms with E-state index in [1.54, 1.807) is 6.08 Å². The third kappa shape index (κ3) is 3.79. The summed E-state index contributed by atoms with van der Waals surface area (Å²) in [7, 11) is 0. The van der Waals surface area contributed by atoms with Crippen LogP contribution in [0.2, 0.25) is 0 Å². The van der Waals surface area contributed by atoms with Crippen LogP contribution in [0, 0.1) is 6.92 Å². The first-order valence-electron chi connectivity index (χ1n) is 8.10. The van der Waals surface area contributed by atoms with Crippen molar-refractivity contribution in [3.8, 4) is 11.5 Å². The number of fused-ring (bicyclic) bond motifs is 1. The molecule has 2 aromatic rings. The van der Waals surface area contributed by atoms with Crippen LogP contribution in [0.25, 0.3) is 6.08 Å². The fraction of sp³-hybridized carbons (Fsp3) is 0.316. The Labute approximate surface area is 141 Å². The van der Waals surface area contributed by atoms with Gasteiger partial charge in [0.15, 0.2) is 11.5 Å². The number of hydrogen-bond donors (Lipinski definition) is 1. The lowest BCUT2D eigenvalue weighted by Crippen LogP contribution is -2.26. The molecule has 3 rings (SSSR count). The van der Waals surface area contributed by atoms with Gasteiger partial charge < -0.3 is 19.2 Å². The largest absolute Gasteiger partial charge is 0.486 e. The molecule has 0 saturated heterocycles. The van der Waals surface area contributed by atoms with Crippen molar-refractivity contribution in [3.63, 3.8) is 0 Å². The molecule has 1 unspecified atom stereocenters. The maximum Gasteiger partial charge on any atom is 0.244 e. The van der Waals surface area contributed by atoms with Gasteiger partial charge in [-0.25, -0.2) is 0 Å². The predicted octanol–water partition coefficient (Wildman–Crippen LogP) is 3.64. The van der Waals surface area contributed by atoms with E-state index in [4.69, 9.17) is 13.9 Å². The lowest BCUT2D eigenvalue weighted by Gasteiger charge is -2.22. The minimum atomic E-state index is -0.161. The monoisotopic (exact) mass is 327 g/mol.